The molecular formula is C10H19OP. The molecule has 0 aromatic heterocycles. The third-order valence-electron chi connectivity index (χ3n) is 2.71. The first-order chi connectivity index (χ1) is 5.37. The molecule has 2 heteroatoms. The van der Waals surface area contributed by atoms with Gasteiger partial charge in [-0.3, -0.25) is 0 Å². The van der Waals surface area contributed by atoms with Gasteiger partial charge in [-0.25, -0.2) is 0 Å². The maximum absolute atomic E-state index is 10.1. The molecule has 0 radical (unpaired) electrons. The van der Waals surface area contributed by atoms with E-state index in [0.29, 0.717) is 5.92 Å². The summed E-state index contributed by atoms with van der Waals surface area (Å²) in [4.78, 5) is 10.1. The maximum atomic E-state index is 10.1. The van der Waals surface area contributed by atoms with E-state index in [1.165, 1.54) is 0 Å². The van der Waals surface area contributed by atoms with Crippen LogP contribution in [0.25, 0.3) is 0 Å². The van der Waals surface area contributed by atoms with E-state index >= 15 is 0 Å². The van der Waals surface area contributed by atoms with Crippen LogP contribution in [0.3, 0.4) is 0 Å². The van der Waals surface area contributed by atoms with Crippen LogP contribution in [0.15, 0.2) is 0 Å². The van der Waals surface area contributed by atoms with E-state index in [2.05, 4.69) is 19.8 Å². The first-order valence-corrected chi connectivity index (χ1v) is 7.43. The monoisotopic (exact) mass is 186 g/mol. The molecule has 1 heterocycles. The quantitative estimate of drug-likeness (QED) is 0.453. The van der Waals surface area contributed by atoms with Crippen LogP contribution in [-0.4, -0.2) is 23.9 Å². The standard InChI is InChI=1S/C10H19OP/c1-5-10(3)6-9(2)7-12(4,11)8-10/h1,9,11-12H,6-8H2,2-4H3. The molecule has 1 aliphatic rings. The van der Waals surface area contributed by atoms with Crippen LogP contribution in [0.4, 0.5) is 0 Å². The van der Waals surface area contributed by atoms with Crippen molar-refractivity contribution in [2.75, 3.05) is 19.0 Å². The van der Waals surface area contributed by atoms with Gasteiger partial charge in [-0.1, -0.05) is 0 Å². The SMILES string of the molecule is C#CC1(C)CC(C)C[PH](C)(O)C1. The summed E-state index contributed by atoms with van der Waals surface area (Å²) in [5, 5.41) is 0. The van der Waals surface area contributed by atoms with Crippen molar-refractivity contribution in [1.82, 2.24) is 0 Å². The van der Waals surface area contributed by atoms with Gasteiger partial charge in [0.1, 0.15) is 0 Å². The van der Waals surface area contributed by atoms with Gasteiger partial charge >= 0.3 is 75.3 Å². The first kappa shape index (κ1) is 10.0. The van der Waals surface area contributed by atoms with Crippen molar-refractivity contribution >= 4 is 7.49 Å². The molecule has 0 aliphatic carbocycles. The molecule has 2 atom stereocenters. The molecule has 0 aromatic carbocycles. The molecule has 1 rings (SSSR count). The van der Waals surface area contributed by atoms with E-state index < -0.39 is 7.49 Å². The van der Waals surface area contributed by atoms with Gasteiger partial charge in [0, 0.05) is 0 Å². The summed E-state index contributed by atoms with van der Waals surface area (Å²) in [6, 6.07) is 0. The van der Waals surface area contributed by atoms with Gasteiger partial charge in [0.25, 0.3) is 0 Å². The topological polar surface area (TPSA) is 20.2 Å². The fourth-order valence-corrected chi connectivity index (χ4v) is 6.40. The second-order valence-electron chi connectivity index (χ2n) is 4.89. The van der Waals surface area contributed by atoms with E-state index in [1.807, 2.05) is 6.66 Å². The Morgan fingerprint density at radius 1 is 1.67 bits per heavy atom. The Kier molecular flexibility index (Phi) is 2.52. The van der Waals surface area contributed by atoms with E-state index in [9.17, 15) is 4.89 Å². The van der Waals surface area contributed by atoms with Crippen molar-refractivity contribution in [3.63, 3.8) is 0 Å². The summed E-state index contributed by atoms with van der Waals surface area (Å²) in [7, 11) is -1.95. The molecule has 0 aromatic rings. The normalized spacial score (nSPS) is 43.1. The van der Waals surface area contributed by atoms with Crippen LogP contribution in [0.2, 0.25) is 0 Å². The summed E-state index contributed by atoms with van der Waals surface area (Å²) in [5.74, 6) is 3.44. The van der Waals surface area contributed by atoms with Gasteiger partial charge in [-0.2, -0.15) is 0 Å². The fourth-order valence-electron chi connectivity index (χ4n) is 2.69. The minimum atomic E-state index is -1.95. The molecule has 0 saturated carbocycles. The summed E-state index contributed by atoms with van der Waals surface area (Å²) >= 11 is 0. The van der Waals surface area contributed by atoms with Gasteiger partial charge in [0.2, 0.25) is 0 Å². The molecule has 0 spiro atoms. The van der Waals surface area contributed by atoms with Crippen molar-refractivity contribution in [1.29, 1.82) is 0 Å². The van der Waals surface area contributed by atoms with E-state index in [-0.39, 0.29) is 5.41 Å². The van der Waals surface area contributed by atoms with Crippen molar-refractivity contribution in [3.05, 3.63) is 0 Å². The van der Waals surface area contributed by atoms with Crippen LogP contribution >= 0.6 is 7.49 Å². The molecular weight excluding hydrogens is 167 g/mol. The third-order valence-corrected chi connectivity index (χ3v) is 5.83. The average Bonchev–Trinajstić information content (AvgIpc) is 1.82. The number of terminal acetylenes is 1. The molecule has 2 unspecified atom stereocenters. The van der Waals surface area contributed by atoms with Gasteiger partial charge in [-0.15, -0.1) is 0 Å². The Bertz CT molecular complexity index is 216. The molecule has 1 N–H and O–H groups in total. The molecule has 70 valence electrons. The minimum absolute atomic E-state index is 0.0343. The number of hydrogen-bond acceptors (Lipinski definition) is 1. The number of rotatable bonds is 0. The van der Waals surface area contributed by atoms with Crippen LogP contribution in [0.1, 0.15) is 20.3 Å². The molecule has 1 nitrogen and oxygen atoms in total. The van der Waals surface area contributed by atoms with Gasteiger partial charge in [0.05, 0.1) is 0 Å². The second kappa shape index (κ2) is 3.02. The molecule has 1 saturated heterocycles. The fraction of sp³-hybridized carbons (Fsp3) is 0.800. The molecule has 0 bridgehead atoms. The zero-order valence-corrected chi connectivity index (χ0v) is 9.22. The summed E-state index contributed by atoms with van der Waals surface area (Å²) in [5.41, 5.74) is -0.0343. The average molecular weight is 186 g/mol. The van der Waals surface area contributed by atoms with Crippen LogP contribution in [-0.2, 0) is 0 Å². The van der Waals surface area contributed by atoms with E-state index in [1.54, 1.807) is 0 Å². The second-order valence-corrected chi connectivity index (χ2v) is 8.65. The van der Waals surface area contributed by atoms with Gasteiger partial charge < -0.3 is 0 Å². The molecule has 12 heavy (non-hydrogen) atoms. The Labute approximate surface area is 76.0 Å². The Balaban J connectivity index is 2.78. The van der Waals surface area contributed by atoms with Crippen LogP contribution in [0.5, 0.6) is 0 Å². The van der Waals surface area contributed by atoms with Gasteiger partial charge in [0.15, 0.2) is 0 Å². The predicted molar refractivity (Wildman–Crippen MR) is 56.9 cm³/mol. The summed E-state index contributed by atoms with van der Waals surface area (Å²) in [6.07, 6.45) is 8.45. The summed E-state index contributed by atoms with van der Waals surface area (Å²) in [6.45, 7) is 6.32. The molecule has 1 aliphatic heterocycles. The Morgan fingerprint density at radius 3 is 2.67 bits per heavy atom. The Morgan fingerprint density at radius 2 is 2.25 bits per heavy atom. The Hall–Kier alpha value is -0.0500. The van der Waals surface area contributed by atoms with E-state index in [0.717, 1.165) is 18.7 Å². The summed E-state index contributed by atoms with van der Waals surface area (Å²) < 4.78 is 0. The molecule has 0 amide bonds. The number of hydrogen-bond donors (Lipinski definition) is 1. The van der Waals surface area contributed by atoms with Crippen molar-refractivity contribution in [2.45, 2.75) is 20.3 Å². The van der Waals surface area contributed by atoms with Crippen molar-refractivity contribution in [2.24, 2.45) is 11.3 Å². The van der Waals surface area contributed by atoms with Gasteiger partial charge in [-0.05, 0) is 0 Å². The van der Waals surface area contributed by atoms with Crippen molar-refractivity contribution < 1.29 is 4.89 Å². The van der Waals surface area contributed by atoms with Crippen LogP contribution < -0.4 is 0 Å². The molecule has 1 fully saturated rings. The van der Waals surface area contributed by atoms with Crippen LogP contribution in [0, 0.1) is 23.7 Å². The van der Waals surface area contributed by atoms with Crippen molar-refractivity contribution in [3.8, 4) is 12.3 Å². The predicted octanol–water partition coefficient (Wildman–Crippen LogP) is 1.95. The zero-order valence-electron chi connectivity index (χ0n) is 8.22. The first-order valence-electron chi connectivity index (χ1n) is 4.57. The third kappa shape index (κ3) is 2.22. The van der Waals surface area contributed by atoms with E-state index in [4.69, 9.17) is 6.42 Å². The zero-order chi connectivity index (χ0) is 9.41.